The molecule has 9 nitrogen and oxygen atoms in total. The molecule has 0 spiro atoms. The third kappa shape index (κ3) is 5.92. The topological polar surface area (TPSA) is 94.3 Å². The van der Waals surface area contributed by atoms with Crippen LogP contribution in [0.1, 0.15) is 36.7 Å². The van der Waals surface area contributed by atoms with Crippen LogP contribution in [0.3, 0.4) is 0 Å². The summed E-state index contributed by atoms with van der Waals surface area (Å²) in [5.74, 6) is 2.94. The molecule has 1 saturated heterocycles. The number of aromatic amines is 1. The normalized spacial score (nSPS) is 15.8. The molecule has 1 aliphatic heterocycles. The fraction of sp³-hybridized carbons (Fsp3) is 0.423. The Morgan fingerprint density at radius 1 is 1.26 bits per heavy atom. The first-order valence-electron chi connectivity index (χ1n) is 12.0. The molecule has 2 aromatic heterocycles. The van der Waals surface area contributed by atoms with Crippen LogP contribution in [0.5, 0.6) is 5.75 Å². The van der Waals surface area contributed by atoms with Crippen molar-refractivity contribution in [3.8, 4) is 5.75 Å². The number of hydrogen-bond acceptors (Lipinski definition) is 7. The van der Waals surface area contributed by atoms with Gasteiger partial charge >= 0.3 is 0 Å². The van der Waals surface area contributed by atoms with Gasteiger partial charge in [-0.05, 0) is 51.7 Å². The van der Waals surface area contributed by atoms with Crippen LogP contribution in [-0.4, -0.2) is 72.5 Å². The van der Waals surface area contributed by atoms with Gasteiger partial charge in [-0.2, -0.15) is 0 Å². The van der Waals surface area contributed by atoms with E-state index in [1.807, 2.05) is 24.3 Å². The molecule has 1 aliphatic rings. The van der Waals surface area contributed by atoms with Crippen LogP contribution < -0.4 is 10.1 Å². The van der Waals surface area contributed by atoms with E-state index in [9.17, 15) is 0 Å². The van der Waals surface area contributed by atoms with E-state index >= 15 is 0 Å². The van der Waals surface area contributed by atoms with Gasteiger partial charge in [0.1, 0.15) is 17.4 Å². The third-order valence-electron chi connectivity index (χ3n) is 6.24. The standard InChI is InChI=1S/C26H35N7O2/c1-17(2)22-14-26(35-31-22)30-24(27-5)15-25(33-11-9-32(6)10-12-33)28-16-34-23-8-7-21-20(19(23)4)13-18(3)29-21/h7-8,13-15,17,29-30H,5,9-12,16H2,1-4,6H3/b24-15+,28-25+. The van der Waals surface area contributed by atoms with Gasteiger partial charge in [0, 0.05) is 60.5 Å². The van der Waals surface area contributed by atoms with Crippen molar-refractivity contribution < 1.29 is 9.26 Å². The molecule has 0 bridgehead atoms. The average molecular weight is 478 g/mol. The zero-order chi connectivity index (χ0) is 24.9. The van der Waals surface area contributed by atoms with Gasteiger partial charge in [0.2, 0.25) is 5.88 Å². The molecule has 1 fully saturated rings. The zero-order valence-electron chi connectivity index (χ0n) is 21.3. The molecule has 2 N–H and O–H groups in total. The Balaban J connectivity index is 1.54. The van der Waals surface area contributed by atoms with Crippen molar-refractivity contribution in [3.63, 3.8) is 0 Å². The first kappa shape index (κ1) is 24.5. The Labute approximate surface area is 206 Å². The Bertz CT molecular complexity index is 1230. The average Bonchev–Trinajstić information content (AvgIpc) is 3.46. The highest BCUT2D eigenvalue weighted by atomic mass is 16.5. The number of aryl methyl sites for hydroxylation is 2. The van der Waals surface area contributed by atoms with E-state index < -0.39 is 0 Å². The lowest BCUT2D eigenvalue weighted by atomic mass is 10.1. The summed E-state index contributed by atoms with van der Waals surface area (Å²) < 4.78 is 11.5. The number of piperazine rings is 1. The third-order valence-corrected chi connectivity index (χ3v) is 6.24. The minimum Gasteiger partial charge on any atom is -0.471 e. The minimum atomic E-state index is 0.193. The van der Waals surface area contributed by atoms with Crippen LogP contribution in [0.4, 0.5) is 5.88 Å². The van der Waals surface area contributed by atoms with Crippen molar-refractivity contribution in [1.82, 2.24) is 19.9 Å². The second-order valence-corrected chi connectivity index (χ2v) is 9.27. The van der Waals surface area contributed by atoms with E-state index in [0.29, 0.717) is 11.7 Å². The van der Waals surface area contributed by atoms with Crippen molar-refractivity contribution >= 4 is 29.3 Å². The van der Waals surface area contributed by atoms with E-state index in [4.69, 9.17) is 14.3 Å². The lowest BCUT2D eigenvalue weighted by molar-refractivity contribution is 0.214. The van der Waals surface area contributed by atoms with E-state index in [-0.39, 0.29) is 12.6 Å². The maximum Gasteiger partial charge on any atom is 0.230 e. The highest BCUT2D eigenvalue weighted by Gasteiger charge is 2.18. The van der Waals surface area contributed by atoms with E-state index in [0.717, 1.165) is 60.2 Å². The number of fused-ring (bicyclic) bond motifs is 1. The monoisotopic (exact) mass is 477 g/mol. The SMILES string of the molecule is C=N/C(=C\C(=N/COc1ccc2[nH]c(C)cc2c1C)N1CCN(C)CC1)Nc1cc(C(C)C)no1. The van der Waals surface area contributed by atoms with Crippen LogP contribution in [0.2, 0.25) is 0 Å². The summed E-state index contributed by atoms with van der Waals surface area (Å²) in [5, 5.41) is 8.43. The molecule has 1 aromatic carbocycles. The summed E-state index contributed by atoms with van der Waals surface area (Å²) >= 11 is 0. The minimum absolute atomic E-state index is 0.193. The lowest BCUT2D eigenvalue weighted by Crippen LogP contribution is -2.47. The Morgan fingerprint density at radius 2 is 2.03 bits per heavy atom. The summed E-state index contributed by atoms with van der Waals surface area (Å²) in [7, 11) is 2.13. The van der Waals surface area contributed by atoms with E-state index in [2.05, 4.69) is 77.8 Å². The number of anilines is 1. The second kappa shape index (κ2) is 10.8. The molecule has 0 aliphatic carbocycles. The number of nitrogens with one attached hydrogen (secondary N) is 2. The fourth-order valence-corrected chi connectivity index (χ4v) is 4.05. The lowest BCUT2D eigenvalue weighted by Gasteiger charge is -2.33. The summed E-state index contributed by atoms with van der Waals surface area (Å²) in [5.41, 5.74) is 4.21. The molecule has 4 rings (SSSR count). The van der Waals surface area contributed by atoms with Gasteiger partial charge in [0.05, 0.1) is 5.69 Å². The number of amidine groups is 1. The van der Waals surface area contributed by atoms with Crippen LogP contribution in [-0.2, 0) is 0 Å². The molecule has 35 heavy (non-hydrogen) atoms. The molecule has 186 valence electrons. The molecule has 3 heterocycles. The Kier molecular flexibility index (Phi) is 7.55. The largest absolute Gasteiger partial charge is 0.471 e. The van der Waals surface area contributed by atoms with Gasteiger partial charge in [-0.25, -0.2) is 9.98 Å². The zero-order valence-corrected chi connectivity index (χ0v) is 21.3. The maximum absolute atomic E-state index is 6.10. The van der Waals surface area contributed by atoms with Crippen molar-refractivity contribution in [2.75, 3.05) is 45.3 Å². The van der Waals surface area contributed by atoms with Gasteiger partial charge < -0.3 is 29.4 Å². The molecular weight excluding hydrogens is 442 g/mol. The predicted octanol–water partition coefficient (Wildman–Crippen LogP) is 4.53. The number of ether oxygens (including phenoxy) is 1. The van der Waals surface area contributed by atoms with Gasteiger partial charge in [0.15, 0.2) is 6.73 Å². The second-order valence-electron chi connectivity index (χ2n) is 9.27. The molecule has 0 unspecified atom stereocenters. The molecule has 0 atom stereocenters. The quantitative estimate of drug-likeness (QED) is 0.366. The number of benzene rings is 1. The van der Waals surface area contributed by atoms with Crippen molar-refractivity contribution in [2.24, 2.45) is 9.98 Å². The Morgan fingerprint density at radius 3 is 2.71 bits per heavy atom. The van der Waals surface area contributed by atoms with Crippen molar-refractivity contribution in [3.05, 3.63) is 53.1 Å². The van der Waals surface area contributed by atoms with Gasteiger partial charge in [-0.1, -0.05) is 19.0 Å². The number of likely N-dealkylation sites (N-methyl/N-ethyl adjacent to an activating group) is 1. The summed E-state index contributed by atoms with van der Waals surface area (Å²) in [4.78, 5) is 16.9. The number of aliphatic imine (C=N–C) groups is 2. The first-order chi connectivity index (χ1) is 16.8. The molecule has 0 saturated carbocycles. The van der Waals surface area contributed by atoms with E-state index in [1.54, 1.807) is 0 Å². The van der Waals surface area contributed by atoms with Crippen LogP contribution >= 0.6 is 0 Å². The number of aromatic nitrogens is 2. The molecule has 3 aromatic rings. The molecule has 0 radical (unpaired) electrons. The summed E-state index contributed by atoms with van der Waals surface area (Å²) in [6, 6.07) is 8.05. The highest BCUT2D eigenvalue weighted by molar-refractivity contribution is 5.94. The van der Waals surface area contributed by atoms with Gasteiger partial charge in [0.25, 0.3) is 0 Å². The predicted molar refractivity (Wildman–Crippen MR) is 142 cm³/mol. The summed E-state index contributed by atoms with van der Waals surface area (Å²) in [6.45, 7) is 15.8. The van der Waals surface area contributed by atoms with Crippen LogP contribution in [0.25, 0.3) is 10.9 Å². The highest BCUT2D eigenvalue weighted by Crippen LogP contribution is 2.28. The Hall–Kier alpha value is -3.59. The van der Waals surface area contributed by atoms with Gasteiger partial charge in [-0.3, -0.25) is 0 Å². The first-order valence-corrected chi connectivity index (χ1v) is 12.0. The number of nitrogens with zero attached hydrogens (tertiary/aromatic N) is 5. The number of H-pyrrole nitrogens is 1. The van der Waals surface area contributed by atoms with Crippen molar-refractivity contribution in [1.29, 1.82) is 0 Å². The van der Waals surface area contributed by atoms with E-state index in [1.165, 1.54) is 5.39 Å². The van der Waals surface area contributed by atoms with Gasteiger partial charge in [-0.15, -0.1) is 0 Å². The van der Waals surface area contributed by atoms with Crippen molar-refractivity contribution in [2.45, 2.75) is 33.6 Å². The fourth-order valence-electron chi connectivity index (χ4n) is 4.05. The smallest absolute Gasteiger partial charge is 0.230 e. The maximum atomic E-state index is 6.10. The summed E-state index contributed by atoms with van der Waals surface area (Å²) in [6.07, 6.45) is 1.88. The molecule has 0 amide bonds. The van der Waals surface area contributed by atoms with Crippen LogP contribution in [0, 0.1) is 13.8 Å². The van der Waals surface area contributed by atoms with Crippen LogP contribution in [0.15, 0.2) is 50.7 Å². The molecular formula is C26H35N7O2. The number of hydrogen-bond donors (Lipinski definition) is 2. The number of rotatable bonds is 8. The molecule has 9 heteroatoms.